The van der Waals surface area contributed by atoms with E-state index in [2.05, 4.69) is 42.2 Å². The molecule has 0 bridgehead atoms. The molecule has 1 aromatic heterocycles. The lowest BCUT2D eigenvalue weighted by Crippen LogP contribution is -2.23. The highest BCUT2D eigenvalue weighted by atomic mass is 79.9. The number of rotatable bonds is 5. The van der Waals surface area contributed by atoms with Crippen LogP contribution >= 0.6 is 31.9 Å². The van der Waals surface area contributed by atoms with E-state index in [0.717, 1.165) is 28.6 Å². The third kappa shape index (κ3) is 3.87. The van der Waals surface area contributed by atoms with Crippen LogP contribution in [-0.2, 0) is 6.42 Å². The van der Waals surface area contributed by atoms with Crippen molar-refractivity contribution in [2.45, 2.75) is 19.4 Å². The number of likely N-dealkylation sites (N-methyl/N-ethyl adjacent to an activating group) is 1. The molecule has 0 saturated carbocycles. The van der Waals surface area contributed by atoms with Gasteiger partial charge >= 0.3 is 0 Å². The SMILES string of the molecule is CCNC(Cc1cncc(Br)c1)c1cccc(F)c1Br. The second-order valence-electron chi connectivity index (χ2n) is 4.47. The van der Waals surface area contributed by atoms with Gasteiger partial charge in [0.15, 0.2) is 0 Å². The van der Waals surface area contributed by atoms with Gasteiger partial charge in [-0.3, -0.25) is 4.98 Å². The number of benzene rings is 1. The standard InChI is InChI=1S/C15H15Br2FN2/c1-2-20-14(7-10-6-11(16)9-19-8-10)12-4-3-5-13(18)15(12)17/h3-6,8-9,14,20H,2,7H2,1H3. The number of nitrogens with zero attached hydrogens (tertiary/aromatic N) is 1. The average molecular weight is 402 g/mol. The molecule has 0 aliphatic rings. The van der Waals surface area contributed by atoms with Crippen LogP contribution in [0.5, 0.6) is 0 Å². The maximum atomic E-state index is 13.7. The Kier molecular flexibility index (Phi) is 5.69. The molecule has 0 aliphatic carbocycles. The van der Waals surface area contributed by atoms with E-state index in [1.165, 1.54) is 6.07 Å². The van der Waals surface area contributed by atoms with Crippen molar-refractivity contribution in [3.8, 4) is 0 Å². The first-order valence-electron chi connectivity index (χ1n) is 6.38. The Labute approximate surface area is 135 Å². The maximum Gasteiger partial charge on any atom is 0.137 e. The van der Waals surface area contributed by atoms with E-state index in [1.807, 2.05) is 25.3 Å². The zero-order valence-corrected chi connectivity index (χ0v) is 14.2. The van der Waals surface area contributed by atoms with Crippen LogP contribution < -0.4 is 5.32 Å². The molecule has 0 saturated heterocycles. The van der Waals surface area contributed by atoms with Crippen LogP contribution in [-0.4, -0.2) is 11.5 Å². The van der Waals surface area contributed by atoms with Gasteiger partial charge in [0.05, 0.1) is 4.47 Å². The van der Waals surface area contributed by atoms with E-state index < -0.39 is 0 Å². The molecule has 2 nitrogen and oxygen atoms in total. The van der Waals surface area contributed by atoms with E-state index in [9.17, 15) is 4.39 Å². The van der Waals surface area contributed by atoms with Crippen molar-refractivity contribution in [3.05, 3.63) is 62.5 Å². The molecule has 0 fully saturated rings. The summed E-state index contributed by atoms with van der Waals surface area (Å²) in [5, 5.41) is 3.40. The van der Waals surface area contributed by atoms with Gasteiger partial charge < -0.3 is 5.32 Å². The summed E-state index contributed by atoms with van der Waals surface area (Å²) >= 11 is 6.76. The molecule has 0 radical (unpaired) electrons. The molecule has 106 valence electrons. The molecule has 0 aliphatic heterocycles. The molecule has 1 atom stereocenters. The van der Waals surface area contributed by atoms with Crippen LogP contribution in [0.2, 0.25) is 0 Å². The van der Waals surface area contributed by atoms with Crippen LogP contribution in [0.1, 0.15) is 24.1 Å². The van der Waals surface area contributed by atoms with Gasteiger partial charge in [0, 0.05) is 22.9 Å². The molecule has 1 aromatic carbocycles. The van der Waals surface area contributed by atoms with E-state index in [4.69, 9.17) is 0 Å². The third-order valence-electron chi connectivity index (χ3n) is 3.01. The molecule has 2 rings (SSSR count). The van der Waals surface area contributed by atoms with Gasteiger partial charge in [0.1, 0.15) is 5.82 Å². The summed E-state index contributed by atoms with van der Waals surface area (Å²) < 4.78 is 15.2. The van der Waals surface area contributed by atoms with E-state index in [-0.39, 0.29) is 11.9 Å². The lowest BCUT2D eigenvalue weighted by Gasteiger charge is -2.20. The number of pyridine rings is 1. The molecule has 0 spiro atoms. The Bertz CT molecular complexity index is 590. The minimum Gasteiger partial charge on any atom is -0.310 e. The fourth-order valence-corrected chi connectivity index (χ4v) is 3.08. The summed E-state index contributed by atoms with van der Waals surface area (Å²) in [6.45, 7) is 2.86. The Hall–Kier alpha value is -0.780. The summed E-state index contributed by atoms with van der Waals surface area (Å²) in [4.78, 5) is 4.17. The fraction of sp³-hybridized carbons (Fsp3) is 0.267. The van der Waals surface area contributed by atoms with Gasteiger partial charge in [-0.1, -0.05) is 19.1 Å². The quantitative estimate of drug-likeness (QED) is 0.789. The molecule has 1 unspecified atom stereocenters. The van der Waals surface area contributed by atoms with E-state index >= 15 is 0 Å². The molecule has 5 heteroatoms. The van der Waals surface area contributed by atoms with Crippen molar-refractivity contribution >= 4 is 31.9 Å². The highest BCUT2D eigenvalue weighted by Crippen LogP contribution is 2.28. The van der Waals surface area contributed by atoms with Crippen LogP contribution in [0.15, 0.2) is 45.6 Å². The first-order valence-corrected chi connectivity index (χ1v) is 7.97. The predicted molar refractivity (Wildman–Crippen MR) is 86.2 cm³/mol. The molecular formula is C15H15Br2FN2. The van der Waals surface area contributed by atoms with Crippen molar-refractivity contribution in [2.24, 2.45) is 0 Å². The molecule has 1 heterocycles. The summed E-state index contributed by atoms with van der Waals surface area (Å²) in [5.41, 5.74) is 2.02. The van der Waals surface area contributed by atoms with Crippen molar-refractivity contribution in [1.82, 2.24) is 10.3 Å². The average Bonchev–Trinajstić information content (AvgIpc) is 2.42. The molecule has 2 aromatic rings. The Morgan fingerprint density at radius 2 is 2.10 bits per heavy atom. The minimum absolute atomic E-state index is 0.0428. The van der Waals surface area contributed by atoms with Gasteiger partial charge in [0.25, 0.3) is 0 Å². The molecule has 0 amide bonds. The highest BCUT2D eigenvalue weighted by Gasteiger charge is 2.16. The number of hydrogen-bond acceptors (Lipinski definition) is 2. The van der Waals surface area contributed by atoms with Crippen LogP contribution in [0.25, 0.3) is 0 Å². The van der Waals surface area contributed by atoms with Crippen molar-refractivity contribution in [1.29, 1.82) is 0 Å². The second kappa shape index (κ2) is 7.29. The first-order chi connectivity index (χ1) is 9.61. The zero-order chi connectivity index (χ0) is 14.5. The van der Waals surface area contributed by atoms with Gasteiger partial charge in [-0.2, -0.15) is 0 Å². The summed E-state index contributed by atoms with van der Waals surface area (Å²) in [5.74, 6) is -0.238. The topological polar surface area (TPSA) is 24.9 Å². The number of aromatic nitrogens is 1. The van der Waals surface area contributed by atoms with Crippen LogP contribution in [0.3, 0.4) is 0 Å². The van der Waals surface area contributed by atoms with Gasteiger partial charge in [-0.15, -0.1) is 0 Å². The molecule has 1 N–H and O–H groups in total. The van der Waals surface area contributed by atoms with E-state index in [0.29, 0.717) is 4.47 Å². The van der Waals surface area contributed by atoms with Gasteiger partial charge in [-0.25, -0.2) is 4.39 Å². The first kappa shape index (κ1) is 15.6. The molecular weight excluding hydrogens is 387 g/mol. The van der Waals surface area contributed by atoms with E-state index in [1.54, 1.807) is 12.3 Å². The number of nitrogens with one attached hydrogen (secondary N) is 1. The monoisotopic (exact) mass is 400 g/mol. The predicted octanol–water partition coefficient (Wildman–Crippen LogP) is 4.64. The highest BCUT2D eigenvalue weighted by molar-refractivity contribution is 9.10. The Balaban J connectivity index is 2.29. The summed E-state index contributed by atoms with van der Waals surface area (Å²) in [7, 11) is 0. The van der Waals surface area contributed by atoms with Crippen molar-refractivity contribution in [2.75, 3.05) is 6.54 Å². The summed E-state index contributed by atoms with van der Waals surface area (Å²) in [6, 6.07) is 7.20. The lowest BCUT2D eigenvalue weighted by molar-refractivity contribution is 0.538. The number of halogens is 3. The third-order valence-corrected chi connectivity index (χ3v) is 4.28. The largest absolute Gasteiger partial charge is 0.310 e. The van der Waals surface area contributed by atoms with Gasteiger partial charge in [-0.05, 0) is 68.1 Å². The summed E-state index contributed by atoms with van der Waals surface area (Å²) in [6.07, 6.45) is 4.34. The van der Waals surface area contributed by atoms with Gasteiger partial charge in [0.2, 0.25) is 0 Å². The minimum atomic E-state index is -0.238. The smallest absolute Gasteiger partial charge is 0.137 e. The van der Waals surface area contributed by atoms with Crippen molar-refractivity contribution < 1.29 is 4.39 Å². The Morgan fingerprint density at radius 1 is 1.30 bits per heavy atom. The second-order valence-corrected chi connectivity index (χ2v) is 6.18. The van der Waals surface area contributed by atoms with Crippen molar-refractivity contribution in [3.63, 3.8) is 0 Å². The normalized spacial score (nSPS) is 12.4. The maximum absolute atomic E-state index is 13.7. The Morgan fingerprint density at radius 3 is 2.80 bits per heavy atom. The fourth-order valence-electron chi connectivity index (χ4n) is 2.13. The lowest BCUT2D eigenvalue weighted by atomic mass is 9.99. The van der Waals surface area contributed by atoms with Crippen LogP contribution in [0, 0.1) is 5.82 Å². The van der Waals surface area contributed by atoms with Crippen LogP contribution in [0.4, 0.5) is 4.39 Å². The molecule has 20 heavy (non-hydrogen) atoms. The zero-order valence-electron chi connectivity index (χ0n) is 11.0. The number of hydrogen-bond donors (Lipinski definition) is 1.